The Morgan fingerprint density at radius 1 is 1.03 bits per heavy atom. The van der Waals surface area contributed by atoms with E-state index in [0.29, 0.717) is 33.1 Å². The van der Waals surface area contributed by atoms with Gasteiger partial charge in [0.2, 0.25) is 11.0 Å². The number of anilines is 1. The first-order valence-corrected chi connectivity index (χ1v) is 11.2. The lowest BCUT2D eigenvalue weighted by molar-refractivity contribution is -0.118. The van der Waals surface area contributed by atoms with Gasteiger partial charge < -0.3 is 14.8 Å². The second kappa shape index (κ2) is 11.3. The molecule has 31 heavy (non-hydrogen) atoms. The van der Waals surface area contributed by atoms with Crippen LogP contribution in [0.1, 0.15) is 15.9 Å². The summed E-state index contributed by atoms with van der Waals surface area (Å²) >= 11 is 2.48. The highest BCUT2D eigenvalue weighted by Crippen LogP contribution is 2.29. The molecule has 0 fully saturated rings. The van der Waals surface area contributed by atoms with Crippen LogP contribution in [0.3, 0.4) is 0 Å². The number of amides is 2. The highest BCUT2D eigenvalue weighted by molar-refractivity contribution is 8.01. The monoisotopic (exact) mass is 458 g/mol. The van der Waals surface area contributed by atoms with Gasteiger partial charge in [-0.2, -0.15) is 0 Å². The van der Waals surface area contributed by atoms with Gasteiger partial charge in [-0.1, -0.05) is 53.4 Å². The van der Waals surface area contributed by atoms with E-state index in [1.807, 2.05) is 30.3 Å². The molecule has 3 rings (SSSR count). The van der Waals surface area contributed by atoms with Crippen molar-refractivity contribution in [2.45, 2.75) is 10.8 Å². The SMILES string of the molecule is COc1ccc(C(=O)Nc2nnc(SCC(=O)NCCc3ccccc3)s2)cc1OC. The van der Waals surface area contributed by atoms with Gasteiger partial charge >= 0.3 is 0 Å². The lowest BCUT2D eigenvalue weighted by Crippen LogP contribution is -2.27. The highest BCUT2D eigenvalue weighted by Gasteiger charge is 2.14. The van der Waals surface area contributed by atoms with E-state index >= 15 is 0 Å². The Kier molecular flexibility index (Phi) is 8.25. The van der Waals surface area contributed by atoms with Crippen LogP contribution in [0.4, 0.5) is 5.13 Å². The molecule has 10 heteroatoms. The molecule has 2 aromatic carbocycles. The lowest BCUT2D eigenvalue weighted by atomic mass is 10.1. The normalized spacial score (nSPS) is 10.4. The van der Waals surface area contributed by atoms with Crippen molar-refractivity contribution >= 4 is 40.0 Å². The summed E-state index contributed by atoms with van der Waals surface area (Å²) in [6, 6.07) is 14.8. The zero-order chi connectivity index (χ0) is 22.1. The number of methoxy groups -OCH3 is 2. The Hall–Kier alpha value is -3.11. The van der Waals surface area contributed by atoms with E-state index in [9.17, 15) is 9.59 Å². The molecule has 0 spiro atoms. The van der Waals surface area contributed by atoms with E-state index in [0.717, 1.165) is 6.42 Å². The summed E-state index contributed by atoms with van der Waals surface area (Å²) < 4.78 is 11.0. The minimum absolute atomic E-state index is 0.0768. The highest BCUT2D eigenvalue weighted by atomic mass is 32.2. The molecule has 2 N–H and O–H groups in total. The van der Waals surface area contributed by atoms with E-state index in [1.54, 1.807) is 18.2 Å². The summed E-state index contributed by atoms with van der Waals surface area (Å²) in [6.45, 7) is 0.576. The zero-order valence-corrected chi connectivity index (χ0v) is 18.7. The molecule has 1 heterocycles. The van der Waals surface area contributed by atoms with Crippen molar-refractivity contribution in [1.29, 1.82) is 0 Å². The van der Waals surface area contributed by atoms with Crippen molar-refractivity contribution < 1.29 is 19.1 Å². The molecule has 0 aliphatic heterocycles. The van der Waals surface area contributed by atoms with Crippen LogP contribution in [0.25, 0.3) is 0 Å². The van der Waals surface area contributed by atoms with E-state index in [-0.39, 0.29) is 17.6 Å². The standard InChI is InChI=1S/C21H22N4O4S2/c1-28-16-9-8-15(12-17(16)29-2)19(27)23-20-24-25-21(31-20)30-13-18(26)22-11-10-14-6-4-3-5-7-14/h3-9,12H,10-11,13H2,1-2H3,(H,22,26)(H,23,24,27). The van der Waals surface area contributed by atoms with Crippen molar-refractivity contribution in [3.05, 3.63) is 59.7 Å². The molecule has 0 radical (unpaired) electrons. The minimum atomic E-state index is -0.340. The van der Waals surface area contributed by atoms with Crippen LogP contribution >= 0.6 is 23.1 Å². The molecular formula is C21H22N4O4S2. The number of thioether (sulfide) groups is 1. The van der Waals surface area contributed by atoms with Gasteiger partial charge in [0.1, 0.15) is 0 Å². The van der Waals surface area contributed by atoms with Crippen LogP contribution in [-0.2, 0) is 11.2 Å². The average molecular weight is 459 g/mol. The second-order valence-electron chi connectivity index (χ2n) is 6.27. The fraction of sp³-hybridized carbons (Fsp3) is 0.238. The smallest absolute Gasteiger partial charge is 0.257 e. The molecule has 8 nitrogen and oxygen atoms in total. The Morgan fingerprint density at radius 3 is 2.55 bits per heavy atom. The number of carbonyl (C=O) groups is 2. The van der Waals surface area contributed by atoms with Crippen molar-refractivity contribution in [2.24, 2.45) is 0 Å². The van der Waals surface area contributed by atoms with Crippen LogP contribution in [0, 0.1) is 0 Å². The number of aromatic nitrogens is 2. The predicted molar refractivity (Wildman–Crippen MR) is 121 cm³/mol. The number of ether oxygens (including phenoxy) is 2. The quantitative estimate of drug-likeness (QED) is 0.355. The molecular weight excluding hydrogens is 436 g/mol. The average Bonchev–Trinajstić information content (AvgIpc) is 3.25. The Labute approximate surface area is 188 Å². The number of carbonyl (C=O) groups excluding carboxylic acids is 2. The summed E-state index contributed by atoms with van der Waals surface area (Å²) in [5, 5.41) is 13.9. The summed E-state index contributed by atoms with van der Waals surface area (Å²) in [4.78, 5) is 24.5. The van der Waals surface area contributed by atoms with E-state index < -0.39 is 0 Å². The first kappa shape index (κ1) is 22.6. The van der Waals surface area contributed by atoms with E-state index in [2.05, 4.69) is 20.8 Å². The number of nitrogens with one attached hydrogen (secondary N) is 2. The number of hydrogen-bond donors (Lipinski definition) is 2. The van der Waals surface area contributed by atoms with Crippen molar-refractivity contribution in [2.75, 3.05) is 31.8 Å². The van der Waals surface area contributed by atoms with Gasteiger partial charge in [0.15, 0.2) is 15.8 Å². The number of hydrogen-bond acceptors (Lipinski definition) is 8. The molecule has 0 saturated carbocycles. The molecule has 0 aliphatic carbocycles. The van der Waals surface area contributed by atoms with Crippen LogP contribution in [-0.4, -0.2) is 48.5 Å². The second-order valence-corrected chi connectivity index (χ2v) is 8.47. The van der Waals surface area contributed by atoms with E-state index in [4.69, 9.17) is 9.47 Å². The molecule has 1 aromatic heterocycles. The number of nitrogens with zero attached hydrogens (tertiary/aromatic N) is 2. The van der Waals surface area contributed by atoms with Crippen LogP contribution in [0.2, 0.25) is 0 Å². The first-order chi connectivity index (χ1) is 15.1. The topological polar surface area (TPSA) is 102 Å². The fourth-order valence-electron chi connectivity index (χ4n) is 2.63. The van der Waals surface area contributed by atoms with Crippen LogP contribution < -0.4 is 20.1 Å². The lowest BCUT2D eigenvalue weighted by Gasteiger charge is -2.08. The van der Waals surface area contributed by atoms with Crippen molar-refractivity contribution in [1.82, 2.24) is 15.5 Å². The third-order valence-corrected chi connectivity index (χ3v) is 6.15. The predicted octanol–water partition coefficient (Wildman–Crippen LogP) is 3.26. The summed E-state index contributed by atoms with van der Waals surface area (Å²) in [7, 11) is 3.03. The van der Waals surface area contributed by atoms with Crippen molar-refractivity contribution in [3.8, 4) is 11.5 Å². The van der Waals surface area contributed by atoms with Crippen molar-refractivity contribution in [3.63, 3.8) is 0 Å². The third kappa shape index (κ3) is 6.69. The van der Waals surface area contributed by atoms with Gasteiger partial charge in [-0.3, -0.25) is 14.9 Å². The summed E-state index contributed by atoms with van der Waals surface area (Å²) in [5.74, 6) is 0.810. The molecule has 3 aromatic rings. The largest absolute Gasteiger partial charge is 0.493 e. The molecule has 2 amide bonds. The van der Waals surface area contributed by atoms with Gasteiger partial charge in [-0.15, -0.1) is 10.2 Å². The van der Waals surface area contributed by atoms with E-state index in [1.165, 1.54) is 42.9 Å². The number of rotatable bonds is 10. The molecule has 0 atom stereocenters. The Balaban J connectivity index is 1.45. The maximum atomic E-state index is 12.5. The molecule has 0 aliphatic rings. The Bertz CT molecular complexity index is 1030. The Morgan fingerprint density at radius 2 is 1.81 bits per heavy atom. The number of benzene rings is 2. The summed E-state index contributed by atoms with van der Waals surface area (Å²) in [5.41, 5.74) is 1.58. The molecule has 0 unspecified atom stereocenters. The van der Waals surface area contributed by atoms with Crippen LogP contribution in [0.5, 0.6) is 11.5 Å². The van der Waals surface area contributed by atoms with Gasteiger partial charge in [0.05, 0.1) is 20.0 Å². The molecule has 0 saturated heterocycles. The third-order valence-electron chi connectivity index (χ3n) is 4.18. The molecule has 0 bridgehead atoms. The summed E-state index contributed by atoms with van der Waals surface area (Å²) in [6.07, 6.45) is 0.780. The maximum absolute atomic E-state index is 12.5. The fourth-order valence-corrected chi connectivity index (χ4v) is 4.21. The minimum Gasteiger partial charge on any atom is -0.493 e. The van der Waals surface area contributed by atoms with Gasteiger partial charge in [-0.05, 0) is 30.2 Å². The van der Waals surface area contributed by atoms with Gasteiger partial charge in [0, 0.05) is 12.1 Å². The first-order valence-electron chi connectivity index (χ1n) is 9.39. The van der Waals surface area contributed by atoms with Gasteiger partial charge in [-0.25, -0.2) is 0 Å². The molecule has 162 valence electrons. The van der Waals surface area contributed by atoms with Gasteiger partial charge in [0.25, 0.3) is 5.91 Å². The maximum Gasteiger partial charge on any atom is 0.257 e. The zero-order valence-electron chi connectivity index (χ0n) is 17.1. The van der Waals surface area contributed by atoms with Crippen LogP contribution in [0.15, 0.2) is 52.9 Å².